The van der Waals surface area contributed by atoms with Crippen molar-refractivity contribution in [1.29, 1.82) is 0 Å². The number of aliphatic hydroxyl groups excluding tert-OH is 1. The van der Waals surface area contributed by atoms with Crippen LogP contribution in [0.1, 0.15) is 13.8 Å². The van der Waals surface area contributed by atoms with E-state index >= 15 is 0 Å². The number of carbonyl (C=O) groups excluding carboxylic acids is 1. The Hall–Kier alpha value is -0.710. The monoisotopic (exact) mass is 172 g/mol. The number of hydrogen-bond donors (Lipinski definition) is 2. The maximum atomic E-state index is 11.2. The summed E-state index contributed by atoms with van der Waals surface area (Å²) in [5, 5.41) is 18.1. The van der Waals surface area contributed by atoms with Crippen molar-refractivity contribution in [3.8, 4) is 0 Å². The van der Waals surface area contributed by atoms with Gasteiger partial charge < -0.3 is 14.9 Å². The molecule has 0 aromatic rings. The van der Waals surface area contributed by atoms with Crippen LogP contribution in [0.15, 0.2) is 11.6 Å². The predicted octanol–water partition coefficient (Wildman–Crippen LogP) is -0.399. The van der Waals surface area contributed by atoms with E-state index in [2.05, 4.69) is 0 Å². The molecule has 0 aliphatic carbocycles. The molecule has 0 saturated carbocycles. The summed E-state index contributed by atoms with van der Waals surface area (Å²) >= 11 is 0. The van der Waals surface area contributed by atoms with E-state index < -0.39 is 17.7 Å². The predicted molar refractivity (Wildman–Crippen MR) is 41.3 cm³/mol. The van der Waals surface area contributed by atoms with Gasteiger partial charge in [0.1, 0.15) is 6.10 Å². The Labute approximate surface area is 70.5 Å². The van der Waals surface area contributed by atoms with Gasteiger partial charge in [0.15, 0.2) is 0 Å². The molecule has 0 unspecified atom stereocenters. The maximum Gasteiger partial charge on any atom is 0.228 e. The zero-order chi connectivity index (χ0) is 9.35. The van der Waals surface area contributed by atoms with Gasteiger partial charge in [-0.25, -0.2) is 0 Å². The second-order valence-corrected chi connectivity index (χ2v) is 3.00. The number of ketones is 1. The molecule has 4 nitrogen and oxygen atoms in total. The lowest BCUT2D eigenvalue weighted by Gasteiger charge is -2.30. The first-order valence-corrected chi connectivity index (χ1v) is 3.71. The highest BCUT2D eigenvalue weighted by molar-refractivity contribution is 6.00. The number of hydrogen-bond acceptors (Lipinski definition) is 4. The van der Waals surface area contributed by atoms with Crippen LogP contribution in [0.5, 0.6) is 0 Å². The smallest absolute Gasteiger partial charge is 0.228 e. The fraction of sp³-hybridized carbons (Fsp3) is 0.625. The van der Waals surface area contributed by atoms with Crippen molar-refractivity contribution in [2.75, 3.05) is 6.61 Å². The highest BCUT2D eigenvalue weighted by atomic mass is 16.6. The number of aliphatic hydroxyl groups is 2. The molecule has 0 amide bonds. The molecule has 0 fully saturated rings. The van der Waals surface area contributed by atoms with E-state index in [0.29, 0.717) is 5.57 Å². The van der Waals surface area contributed by atoms with Gasteiger partial charge in [0.25, 0.3) is 0 Å². The second-order valence-electron chi connectivity index (χ2n) is 3.00. The lowest BCUT2D eigenvalue weighted by Crippen LogP contribution is -2.46. The number of rotatable bonds is 1. The first kappa shape index (κ1) is 9.38. The second kappa shape index (κ2) is 2.97. The molecule has 2 atom stereocenters. The molecular formula is C8H12O4. The van der Waals surface area contributed by atoms with Crippen molar-refractivity contribution in [3.05, 3.63) is 11.6 Å². The Morgan fingerprint density at radius 3 is 2.75 bits per heavy atom. The van der Waals surface area contributed by atoms with Gasteiger partial charge >= 0.3 is 0 Å². The van der Waals surface area contributed by atoms with Crippen molar-refractivity contribution in [2.45, 2.75) is 25.7 Å². The van der Waals surface area contributed by atoms with Crippen LogP contribution in [0.25, 0.3) is 0 Å². The van der Waals surface area contributed by atoms with Crippen molar-refractivity contribution < 1.29 is 19.7 Å². The van der Waals surface area contributed by atoms with Gasteiger partial charge in [0.05, 0.1) is 6.61 Å². The minimum atomic E-state index is -1.79. The van der Waals surface area contributed by atoms with Crippen molar-refractivity contribution in [2.24, 2.45) is 0 Å². The molecule has 1 aliphatic heterocycles. The van der Waals surface area contributed by atoms with Crippen LogP contribution >= 0.6 is 0 Å². The van der Waals surface area contributed by atoms with Crippen LogP contribution < -0.4 is 0 Å². The standard InChI is InChI=1S/C8H12O4/c1-5-3-6(4-9)12-8(2,11)7(5)10/h3,6,9,11H,4H2,1-2H3/t6-,8-/m0/s1. The molecule has 0 radical (unpaired) electrons. The van der Waals surface area contributed by atoms with E-state index in [4.69, 9.17) is 9.84 Å². The topological polar surface area (TPSA) is 66.8 Å². The molecular weight excluding hydrogens is 160 g/mol. The molecule has 0 saturated heterocycles. The van der Waals surface area contributed by atoms with Gasteiger partial charge in [-0.15, -0.1) is 0 Å². The molecule has 0 bridgehead atoms. The summed E-state index contributed by atoms with van der Waals surface area (Å²) in [5.74, 6) is -2.24. The Kier molecular flexibility index (Phi) is 2.32. The third kappa shape index (κ3) is 1.55. The molecule has 12 heavy (non-hydrogen) atoms. The van der Waals surface area contributed by atoms with Gasteiger partial charge in [0.2, 0.25) is 11.6 Å². The molecule has 4 heteroatoms. The minimum Gasteiger partial charge on any atom is -0.393 e. The fourth-order valence-corrected chi connectivity index (χ4v) is 1.19. The zero-order valence-corrected chi connectivity index (χ0v) is 7.07. The van der Waals surface area contributed by atoms with E-state index in [1.54, 1.807) is 6.92 Å². The van der Waals surface area contributed by atoms with Gasteiger partial charge in [-0.2, -0.15) is 0 Å². The summed E-state index contributed by atoms with van der Waals surface area (Å²) in [6.45, 7) is 2.62. The highest BCUT2D eigenvalue weighted by Gasteiger charge is 2.38. The minimum absolute atomic E-state index is 0.235. The fourth-order valence-electron chi connectivity index (χ4n) is 1.19. The molecule has 1 heterocycles. The third-order valence-corrected chi connectivity index (χ3v) is 1.78. The molecule has 1 rings (SSSR count). The lowest BCUT2D eigenvalue weighted by molar-refractivity contribution is -0.213. The summed E-state index contributed by atoms with van der Waals surface area (Å²) in [6.07, 6.45) is 0.915. The van der Waals surface area contributed by atoms with Gasteiger partial charge in [0, 0.05) is 0 Å². The molecule has 0 spiro atoms. The summed E-state index contributed by atoms with van der Waals surface area (Å²) in [4.78, 5) is 11.2. The van der Waals surface area contributed by atoms with Crippen molar-refractivity contribution >= 4 is 5.78 Å². The van der Waals surface area contributed by atoms with E-state index in [1.165, 1.54) is 13.0 Å². The summed E-state index contributed by atoms with van der Waals surface area (Å²) < 4.78 is 4.89. The maximum absolute atomic E-state index is 11.2. The molecule has 2 N–H and O–H groups in total. The SMILES string of the molecule is CC1=C[C@@H](CO)O[C@](C)(O)C1=O. The van der Waals surface area contributed by atoms with Gasteiger partial charge in [-0.3, -0.25) is 4.79 Å². The van der Waals surface area contributed by atoms with Gasteiger partial charge in [-0.1, -0.05) is 0 Å². The largest absolute Gasteiger partial charge is 0.393 e. The average molecular weight is 172 g/mol. The first-order valence-electron chi connectivity index (χ1n) is 3.71. The highest BCUT2D eigenvalue weighted by Crippen LogP contribution is 2.22. The van der Waals surface area contributed by atoms with Crippen LogP contribution in [0.2, 0.25) is 0 Å². The molecule has 0 aromatic carbocycles. The summed E-state index contributed by atoms with van der Waals surface area (Å²) in [5.41, 5.74) is 0.422. The van der Waals surface area contributed by atoms with Crippen LogP contribution in [-0.4, -0.2) is 34.5 Å². The Bertz CT molecular complexity index is 229. The number of carbonyl (C=O) groups is 1. The van der Waals surface area contributed by atoms with E-state index in [9.17, 15) is 9.90 Å². The first-order chi connectivity index (χ1) is 5.47. The third-order valence-electron chi connectivity index (χ3n) is 1.78. The number of Topliss-reactive ketones (excluding diaryl/α,β-unsaturated/α-hetero) is 1. The van der Waals surface area contributed by atoms with E-state index in [0.717, 1.165) is 0 Å². The van der Waals surface area contributed by atoms with Crippen LogP contribution in [0, 0.1) is 0 Å². The lowest BCUT2D eigenvalue weighted by atomic mass is 10.0. The normalized spacial score (nSPS) is 36.5. The Morgan fingerprint density at radius 1 is 1.75 bits per heavy atom. The average Bonchev–Trinajstić information content (AvgIpc) is 1.99. The van der Waals surface area contributed by atoms with E-state index in [1.807, 2.05) is 0 Å². The van der Waals surface area contributed by atoms with E-state index in [-0.39, 0.29) is 6.61 Å². The Morgan fingerprint density at radius 2 is 2.33 bits per heavy atom. The molecule has 0 aromatic heterocycles. The number of ether oxygens (including phenoxy) is 1. The zero-order valence-electron chi connectivity index (χ0n) is 7.07. The Balaban J connectivity index is 2.91. The van der Waals surface area contributed by atoms with Crippen LogP contribution in [0.3, 0.4) is 0 Å². The summed E-state index contributed by atoms with van der Waals surface area (Å²) in [7, 11) is 0. The molecule has 68 valence electrons. The van der Waals surface area contributed by atoms with Gasteiger partial charge in [-0.05, 0) is 25.5 Å². The van der Waals surface area contributed by atoms with Crippen LogP contribution in [-0.2, 0) is 9.53 Å². The molecule has 1 aliphatic rings. The summed E-state index contributed by atoms with van der Waals surface area (Å²) in [6, 6.07) is 0. The quantitative estimate of drug-likeness (QED) is 0.565. The van der Waals surface area contributed by atoms with Crippen molar-refractivity contribution in [1.82, 2.24) is 0 Å². The van der Waals surface area contributed by atoms with Crippen molar-refractivity contribution in [3.63, 3.8) is 0 Å². The van der Waals surface area contributed by atoms with Crippen LogP contribution in [0.4, 0.5) is 0 Å².